The molecule has 0 aliphatic carbocycles. The summed E-state index contributed by atoms with van der Waals surface area (Å²) < 4.78 is 0. The fourth-order valence-corrected chi connectivity index (χ4v) is 4.65. The molecule has 8 heteroatoms. The smallest absolute Gasteiger partial charge is 0.256 e. The molecule has 2 aliphatic rings. The van der Waals surface area contributed by atoms with E-state index >= 15 is 0 Å². The van der Waals surface area contributed by atoms with E-state index in [9.17, 15) is 14.4 Å². The number of amides is 3. The molecule has 150 valence electrons. The maximum atomic E-state index is 13.3. The number of thiophene rings is 1. The molecule has 1 aromatic carbocycles. The van der Waals surface area contributed by atoms with E-state index < -0.39 is 6.04 Å². The first-order valence-electron chi connectivity index (χ1n) is 9.59. The van der Waals surface area contributed by atoms with Gasteiger partial charge in [-0.2, -0.15) is 11.3 Å². The van der Waals surface area contributed by atoms with Crippen LogP contribution in [0.5, 0.6) is 0 Å². The Morgan fingerprint density at radius 1 is 1.20 bits per heavy atom. The molecule has 30 heavy (non-hydrogen) atoms. The molecule has 7 nitrogen and oxygen atoms in total. The molecule has 5 rings (SSSR count). The number of nitrogens with zero attached hydrogens (tertiary/aromatic N) is 2. The lowest BCUT2D eigenvalue weighted by Gasteiger charge is -2.20. The van der Waals surface area contributed by atoms with Gasteiger partial charge in [0.15, 0.2) is 0 Å². The topological polar surface area (TPSA) is 91.4 Å². The molecule has 2 N–H and O–H groups in total. The zero-order valence-electron chi connectivity index (χ0n) is 15.9. The third kappa shape index (κ3) is 3.25. The highest BCUT2D eigenvalue weighted by Gasteiger charge is 2.43. The van der Waals surface area contributed by atoms with E-state index in [0.717, 1.165) is 11.1 Å². The van der Waals surface area contributed by atoms with Crippen LogP contribution in [0, 0.1) is 0 Å². The Labute approximate surface area is 176 Å². The monoisotopic (exact) mass is 418 g/mol. The number of carbonyl (C=O) groups excluding carboxylic acids is 3. The SMILES string of the molecule is O=C(N[C@@H]1C[C@@H]2C(=O)Nc3ccc(-c4ccsc4)cc3C(=O)N2C1)c1cccnc1. The quantitative estimate of drug-likeness (QED) is 0.684. The minimum absolute atomic E-state index is 0.205. The zero-order chi connectivity index (χ0) is 20.7. The van der Waals surface area contributed by atoms with Crippen molar-refractivity contribution in [1.29, 1.82) is 0 Å². The number of carbonyl (C=O) groups is 3. The van der Waals surface area contributed by atoms with Crippen LogP contribution in [-0.2, 0) is 4.79 Å². The number of nitrogens with one attached hydrogen (secondary N) is 2. The lowest BCUT2D eigenvalue weighted by atomic mass is 10.0. The van der Waals surface area contributed by atoms with Crippen molar-refractivity contribution in [2.75, 3.05) is 11.9 Å². The Morgan fingerprint density at radius 2 is 2.10 bits per heavy atom. The van der Waals surface area contributed by atoms with Crippen molar-refractivity contribution in [2.24, 2.45) is 0 Å². The molecule has 0 saturated carbocycles. The lowest BCUT2D eigenvalue weighted by Crippen LogP contribution is -2.41. The minimum atomic E-state index is -0.617. The normalized spacial score (nSPS) is 20.2. The van der Waals surface area contributed by atoms with Crippen LogP contribution in [0.25, 0.3) is 11.1 Å². The Bertz CT molecular complexity index is 1130. The molecular weight excluding hydrogens is 400 g/mol. The molecule has 0 bridgehead atoms. The van der Waals surface area contributed by atoms with Crippen LogP contribution in [0.2, 0.25) is 0 Å². The number of aromatic nitrogens is 1. The second kappa shape index (κ2) is 7.38. The summed E-state index contributed by atoms with van der Waals surface area (Å²) in [5, 5.41) is 9.80. The first-order valence-corrected chi connectivity index (χ1v) is 10.5. The molecule has 2 atom stereocenters. The molecule has 2 aliphatic heterocycles. The van der Waals surface area contributed by atoms with Crippen molar-refractivity contribution in [3.63, 3.8) is 0 Å². The van der Waals surface area contributed by atoms with Crippen molar-refractivity contribution in [3.8, 4) is 11.1 Å². The molecule has 0 spiro atoms. The standard InChI is InChI=1S/C22H18N4O3S/c27-20(14-2-1-6-23-10-14)24-16-9-19-21(28)25-18-4-3-13(15-5-7-30-12-15)8-17(18)22(29)26(19)11-16/h1-8,10,12,16,19H,9,11H2,(H,24,27)(H,25,28)/t16-,19-/m1/s1. The van der Waals surface area contributed by atoms with E-state index in [1.54, 1.807) is 40.6 Å². The fraction of sp³-hybridized carbons (Fsp3) is 0.182. The lowest BCUT2D eigenvalue weighted by molar-refractivity contribution is -0.119. The molecule has 4 heterocycles. The molecule has 1 saturated heterocycles. The highest BCUT2D eigenvalue weighted by atomic mass is 32.1. The van der Waals surface area contributed by atoms with E-state index in [2.05, 4.69) is 15.6 Å². The number of anilines is 1. The van der Waals surface area contributed by atoms with E-state index in [-0.39, 0.29) is 30.3 Å². The summed E-state index contributed by atoms with van der Waals surface area (Å²) >= 11 is 1.59. The number of hydrogen-bond acceptors (Lipinski definition) is 5. The second-order valence-corrected chi connectivity index (χ2v) is 8.16. The number of fused-ring (bicyclic) bond motifs is 2. The van der Waals surface area contributed by atoms with E-state index in [1.807, 2.05) is 29.0 Å². The van der Waals surface area contributed by atoms with Gasteiger partial charge in [-0.25, -0.2) is 0 Å². The summed E-state index contributed by atoms with van der Waals surface area (Å²) in [7, 11) is 0. The summed E-state index contributed by atoms with van der Waals surface area (Å²) in [5.74, 6) is -0.703. The van der Waals surface area contributed by atoms with Gasteiger partial charge in [0, 0.05) is 25.0 Å². The molecule has 0 unspecified atom stereocenters. The predicted molar refractivity (Wildman–Crippen MR) is 113 cm³/mol. The van der Waals surface area contributed by atoms with Crippen molar-refractivity contribution in [3.05, 3.63) is 70.7 Å². The highest BCUT2D eigenvalue weighted by Crippen LogP contribution is 2.32. The van der Waals surface area contributed by atoms with Crippen LogP contribution in [-0.4, -0.2) is 46.2 Å². The molecule has 0 radical (unpaired) electrons. The Balaban J connectivity index is 1.40. The van der Waals surface area contributed by atoms with Gasteiger partial charge in [-0.05, 0) is 58.6 Å². The molecular formula is C22H18N4O3S. The fourth-order valence-electron chi connectivity index (χ4n) is 3.99. The van der Waals surface area contributed by atoms with Gasteiger partial charge in [0.1, 0.15) is 6.04 Å². The number of benzene rings is 1. The van der Waals surface area contributed by atoms with Gasteiger partial charge in [0.05, 0.1) is 16.8 Å². The maximum absolute atomic E-state index is 13.3. The molecule has 3 amide bonds. The first-order chi connectivity index (χ1) is 14.6. The van der Waals surface area contributed by atoms with Crippen LogP contribution < -0.4 is 10.6 Å². The van der Waals surface area contributed by atoms with E-state index in [1.165, 1.54) is 6.20 Å². The van der Waals surface area contributed by atoms with Gasteiger partial charge in [-0.1, -0.05) is 6.07 Å². The number of hydrogen-bond donors (Lipinski definition) is 2. The largest absolute Gasteiger partial charge is 0.347 e. The van der Waals surface area contributed by atoms with Crippen molar-refractivity contribution < 1.29 is 14.4 Å². The average molecular weight is 418 g/mol. The van der Waals surface area contributed by atoms with Crippen LogP contribution in [0.4, 0.5) is 5.69 Å². The van der Waals surface area contributed by atoms with Gasteiger partial charge in [0.2, 0.25) is 5.91 Å². The van der Waals surface area contributed by atoms with Gasteiger partial charge < -0.3 is 15.5 Å². The summed E-state index contributed by atoms with van der Waals surface area (Å²) in [6.45, 7) is 0.283. The summed E-state index contributed by atoms with van der Waals surface area (Å²) in [4.78, 5) is 44.1. The van der Waals surface area contributed by atoms with E-state index in [4.69, 9.17) is 0 Å². The third-order valence-corrected chi connectivity index (χ3v) is 6.17. The van der Waals surface area contributed by atoms with Crippen molar-refractivity contribution >= 4 is 34.7 Å². The number of pyridine rings is 1. The highest BCUT2D eigenvalue weighted by molar-refractivity contribution is 7.08. The van der Waals surface area contributed by atoms with Gasteiger partial charge in [-0.3, -0.25) is 19.4 Å². The Kier molecular flexibility index (Phi) is 4.55. The van der Waals surface area contributed by atoms with Crippen LogP contribution in [0.1, 0.15) is 27.1 Å². The Hall–Kier alpha value is -3.52. The van der Waals surface area contributed by atoms with Gasteiger partial charge >= 0.3 is 0 Å². The summed E-state index contributed by atoms with van der Waals surface area (Å²) in [5.41, 5.74) is 3.40. The summed E-state index contributed by atoms with van der Waals surface area (Å²) in [6, 6.07) is 9.95. The van der Waals surface area contributed by atoms with Crippen LogP contribution in [0.3, 0.4) is 0 Å². The number of rotatable bonds is 3. The molecule has 2 aromatic heterocycles. The molecule has 1 fully saturated rings. The predicted octanol–water partition coefficient (Wildman–Crippen LogP) is 2.78. The minimum Gasteiger partial charge on any atom is -0.347 e. The van der Waals surface area contributed by atoms with Crippen LogP contribution >= 0.6 is 11.3 Å². The summed E-state index contributed by atoms with van der Waals surface area (Å²) in [6.07, 6.45) is 3.46. The van der Waals surface area contributed by atoms with Crippen LogP contribution in [0.15, 0.2) is 59.6 Å². The van der Waals surface area contributed by atoms with E-state index in [0.29, 0.717) is 23.2 Å². The van der Waals surface area contributed by atoms with Gasteiger partial charge in [-0.15, -0.1) is 0 Å². The van der Waals surface area contributed by atoms with Gasteiger partial charge in [0.25, 0.3) is 11.8 Å². The zero-order valence-corrected chi connectivity index (χ0v) is 16.7. The van der Waals surface area contributed by atoms with Crippen molar-refractivity contribution in [2.45, 2.75) is 18.5 Å². The maximum Gasteiger partial charge on any atom is 0.256 e. The van der Waals surface area contributed by atoms with Crippen molar-refractivity contribution in [1.82, 2.24) is 15.2 Å². The molecule has 3 aromatic rings. The third-order valence-electron chi connectivity index (χ3n) is 5.49. The second-order valence-electron chi connectivity index (χ2n) is 7.38. The Morgan fingerprint density at radius 3 is 2.87 bits per heavy atom. The average Bonchev–Trinajstić information content (AvgIpc) is 3.43. The first kappa shape index (κ1) is 18.5.